The van der Waals surface area contributed by atoms with E-state index in [1.54, 1.807) is 30.3 Å². The summed E-state index contributed by atoms with van der Waals surface area (Å²) in [4.78, 5) is 28.6. The quantitative estimate of drug-likeness (QED) is 0.369. The number of hydrogen-bond acceptors (Lipinski definition) is 5. The molecule has 0 aliphatic heterocycles. The number of rotatable bonds is 6. The van der Waals surface area contributed by atoms with Crippen LogP contribution in [0, 0.1) is 0 Å². The van der Waals surface area contributed by atoms with Crippen molar-refractivity contribution in [2.75, 3.05) is 12.4 Å². The SMILES string of the molecule is COC(=O)N[C@@H](C(=O)N[C@H]1CC[C@@H](Nc2cc(C(F)(F)F)nc3ccc(Cl)cc23)CC1)c1ccccc1. The van der Waals surface area contributed by atoms with Crippen LogP contribution in [0.1, 0.15) is 43.0 Å². The third-order valence-electron chi connectivity index (χ3n) is 6.34. The van der Waals surface area contributed by atoms with Gasteiger partial charge in [0.05, 0.1) is 12.6 Å². The van der Waals surface area contributed by atoms with Gasteiger partial charge in [-0.3, -0.25) is 4.79 Å². The van der Waals surface area contributed by atoms with Crippen LogP contribution in [-0.2, 0) is 15.7 Å². The molecule has 2 amide bonds. The van der Waals surface area contributed by atoms with Crippen molar-refractivity contribution in [2.24, 2.45) is 0 Å². The molecule has 196 valence electrons. The molecule has 0 spiro atoms. The van der Waals surface area contributed by atoms with Crippen LogP contribution in [0.3, 0.4) is 0 Å². The Labute approximate surface area is 216 Å². The third-order valence-corrected chi connectivity index (χ3v) is 6.57. The summed E-state index contributed by atoms with van der Waals surface area (Å²) < 4.78 is 44.9. The third kappa shape index (κ3) is 6.62. The number of fused-ring (bicyclic) bond motifs is 1. The number of carbonyl (C=O) groups is 2. The largest absolute Gasteiger partial charge is 0.453 e. The number of pyridine rings is 1. The van der Waals surface area contributed by atoms with E-state index >= 15 is 0 Å². The minimum absolute atomic E-state index is 0.100. The number of aromatic nitrogens is 1. The lowest BCUT2D eigenvalue weighted by atomic mass is 9.90. The maximum absolute atomic E-state index is 13.4. The molecule has 1 aliphatic rings. The Kier molecular flexibility index (Phi) is 8.06. The van der Waals surface area contributed by atoms with Crippen molar-refractivity contribution in [2.45, 2.75) is 50.0 Å². The highest BCUT2D eigenvalue weighted by Crippen LogP contribution is 2.35. The van der Waals surface area contributed by atoms with Gasteiger partial charge in [0.25, 0.3) is 0 Å². The number of carbonyl (C=O) groups excluding carboxylic acids is 2. The molecule has 1 atom stereocenters. The molecule has 1 aromatic heterocycles. The molecular weight excluding hydrogens is 509 g/mol. The van der Waals surface area contributed by atoms with E-state index in [0.717, 1.165) is 6.07 Å². The highest BCUT2D eigenvalue weighted by molar-refractivity contribution is 6.31. The van der Waals surface area contributed by atoms with Gasteiger partial charge < -0.3 is 20.7 Å². The van der Waals surface area contributed by atoms with Gasteiger partial charge in [0.2, 0.25) is 5.91 Å². The van der Waals surface area contributed by atoms with E-state index in [9.17, 15) is 22.8 Å². The molecule has 7 nitrogen and oxygen atoms in total. The number of ether oxygens (including phenoxy) is 1. The number of nitrogens with zero attached hydrogens (tertiary/aromatic N) is 1. The molecule has 0 bridgehead atoms. The summed E-state index contributed by atoms with van der Waals surface area (Å²) >= 11 is 6.09. The Balaban J connectivity index is 1.43. The first-order chi connectivity index (χ1) is 17.6. The molecule has 0 unspecified atom stereocenters. The number of alkyl halides is 3. The van der Waals surface area contributed by atoms with Gasteiger partial charge in [0, 0.05) is 28.2 Å². The fourth-order valence-electron chi connectivity index (χ4n) is 4.47. The average Bonchev–Trinajstić information content (AvgIpc) is 2.88. The van der Waals surface area contributed by atoms with Crippen LogP contribution in [0.25, 0.3) is 10.9 Å². The van der Waals surface area contributed by atoms with Crippen molar-refractivity contribution in [1.82, 2.24) is 15.6 Å². The molecule has 1 saturated carbocycles. The van der Waals surface area contributed by atoms with Crippen molar-refractivity contribution in [3.63, 3.8) is 0 Å². The van der Waals surface area contributed by atoms with E-state index in [2.05, 4.69) is 25.7 Å². The van der Waals surface area contributed by atoms with Crippen LogP contribution >= 0.6 is 11.6 Å². The number of methoxy groups -OCH3 is 1. The summed E-state index contributed by atoms with van der Waals surface area (Å²) in [5, 5.41) is 9.69. The summed E-state index contributed by atoms with van der Waals surface area (Å²) in [7, 11) is 1.22. The number of alkyl carbamates (subject to hydrolysis) is 1. The Morgan fingerprint density at radius 1 is 1.03 bits per heavy atom. The van der Waals surface area contributed by atoms with Gasteiger partial charge in [0.15, 0.2) is 0 Å². The number of anilines is 1. The maximum atomic E-state index is 13.4. The number of halogens is 4. The molecule has 0 saturated heterocycles. The number of benzene rings is 2. The van der Waals surface area contributed by atoms with Crippen molar-refractivity contribution in [1.29, 1.82) is 0 Å². The second kappa shape index (κ2) is 11.2. The summed E-state index contributed by atoms with van der Waals surface area (Å²) in [6.07, 6.45) is -2.84. The monoisotopic (exact) mass is 534 g/mol. The van der Waals surface area contributed by atoms with Gasteiger partial charge in [-0.2, -0.15) is 13.2 Å². The lowest BCUT2D eigenvalue weighted by molar-refractivity contribution is -0.140. The van der Waals surface area contributed by atoms with E-state index in [4.69, 9.17) is 11.6 Å². The molecule has 3 N–H and O–H groups in total. The predicted molar refractivity (Wildman–Crippen MR) is 134 cm³/mol. The van der Waals surface area contributed by atoms with Gasteiger partial charge in [-0.1, -0.05) is 41.9 Å². The predicted octanol–water partition coefficient (Wildman–Crippen LogP) is 5.84. The lowest BCUT2D eigenvalue weighted by Crippen LogP contribution is -2.46. The van der Waals surface area contributed by atoms with Gasteiger partial charge in [-0.05, 0) is 55.5 Å². The van der Waals surface area contributed by atoms with Crippen LogP contribution in [0.15, 0.2) is 54.6 Å². The molecule has 0 radical (unpaired) electrons. The fraction of sp³-hybridized carbons (Fsp3) is 0.346. The Morgan fingerprint density at radius 3 is 2.35 bits per heavy atom. The summed E-state index contributed by atoms with van der Waals surface area (Å²) in [6.45, 7) is 0. The van der Waals surface area contributed by atoms with Gasteiger partial charge in [-0.15, -0.1) is 0 Å². The van der Waals surface area contributed by atoms with E-state index in [-0.39, 0.29) is 23.5 Å². The lowest BCUT2D eigenvalue weighted by Gasteiger charge is -2.31. The molecule has 1 fully saturated rings. The Hall–Kier alpha value is -3.53. The van der Waals surface area contributed by atoms with Crippen LogP contribution in [0.2, 0.25) is 5.02 Å². The topological polar surface area (TPSA) is 92.3 Å². The molecule has 2 aromatic carbocycles. The van der Waals surface area contributed by atoms with Crippen LogP contribution in [0.5, 0.6) is 0 Å². The van der Waals surface area contributed by atoms with E-state index in [1.165, 1.54) is 19.2 Å². The minimum atomic E-state index is -4.58. The first-order valence-corrected chi connectivity index (χ1v) is 12.2. The molecule has 11 heteroatoms. The Bertz CT molecular complexity index is 1270. The molecule has 37 heavy (non-hydrogen) atoms. The number of amides is 2. The molecule has 1 heterocycles. The summed E-state index contributed by atoms with van der Waals surface area (Å²) in [5.41, 5.74) is 0.159. The standard InChI is InChI=1S/C26H26ClF3N4O3/c1-37-25(36)34-23(15-5-3-2-4-6-15)24(35)32-18-10-8-17(9-11-18)31-21-14-22(26(28,29)30)33-20-12-7-16(27)13-19(20)21/h2-7,12-14,17-18,23H,8-11H2,1H3,(H,31,33)(H,32,35)(H,34,36)/t17-,18+,23-/m1/s1. The smallest absolute Gasteiger partial charge is 0.433 e. The zero-order valence-electron chi connectivity index (χ0n) is 19.9. The van der Waals surface area contributed by atoms with Crippen molar-refractivity contribution in [3.05, 3.63) is 70.9 Å². The van der Waals surface area contributed by atoms with Gasteiger partial charge >= 0.3 is 12.3 Å². The van der Waals surface area contributed by atoms with Crippen molar-refractivity contribution < 1.29 is 27.5 Å². The minimum Gasteiger partial charge on any atom is -0.453 e. The van der Waals surface area contributed by atoms with Gasteiger partial charge in [0.1, 0.15) is 11.7 Å². The zero-order valence-corrected chi connectivity index (χ0v) is 20.7. The van der Waals surface area contributed by atoms with Crippen LogP contribution in [-0.4, -0.2) is 36.2 Å². The maximum Gasteiger partial charge on any atom is 0.433 e. The highest BCUT2D eigenvalue weighted by atomic mass is 35.5. The van der Waals surface area contributed by atoms with Crippen molar-refractivity contribution in [3.8, 4) is 0 Å². The second-order valence-corrected chi connectivity index (χ2v) is 9.33. The summed E-state index contributed by atoms with van der Waals surface area (Å²) in [6, 6.07) is 13.2. The van der Waals surface area contributed by atoms with Crippen molar-refractivity contribution >= 4 is 40.2 Å². The Morgan fingerprint density at radius 2 is 1.70 bits per heavy atom. The highest BCUT2D eigenvalue weighted by Gasteiger charge is 2.34. The first kappa shape index (κ1) is 26.5. The van der Waals surface area contributed by atoms with E-state index in [0.29, 0.717) is 47.3 Å². The van der Waals surface area contributed by atoms with E-state index < -0.39 is 24.0 Å². The second-order valence-electron chi connectivity index (χ2n) is 8.90. The number of nitrogens with one attached hydrogen (secondary N) is 3. The van der Waals surface area contributed by atoms with E-state index in [1.807, 2.05) is 6.07 Å². The van der Waals surface area contributed by atoms with Crippen LogP contribution < -0.4 is 16.0 Å². The molecular formula is C26H26ClF3N4O3. The molecule has 1 aliphatic carbocycles. The average molecular weight is 535 g/mol. The first-order valence-electron chi connectivity index (χ1n) is 11.8. The summed E-state index contributed by atoms with van der Waals surface area (Å²) in [5.74, 6) is -0.363. The molecule has 4 rings (SSSR count). The molecule has 3 aromatic rings. The fourth-order valence-corrected chi connectivity index (χ4v) is 4.64. The van der Waals surface area contributed by atoms with Gasteiger partial charge in [-0.25, -0.2) is 9.78 Å². The van der Waals surface area contributed by atoms with Crippen LogP contribution in [0.4, 0.5) is 23.7 Å². The zero-order chi connectivity index (χ0) is 26.6. The number of hydrogen-bond donors (Lipinski definition) is 3. The normalized spacial score (nSPS) is 18.6.